The van der Waals surface area contributed by atoms with Crippen molar-refractivity contribution in [3.05, 3.63) is 20.8 Å². The number of thiophene rings is 1. The molecule has 18 heavy (non-hydrogen) atoms. The summed E-state index contributed by atoms with van der Waals surface area (Å²) in [6.45, 7) is 5.82. The van der Waals surface area contributed by atoms with Crippen LogP contribution in [-0.2, 0) is 0 Å². The lowest BCUT2D eigenvalue weighted by atomic mass is 9.81. The van der Waals surface area contributed by atoms with Gasteiger partial charge in [-0.1, -0.05) is 32.6 Å². The summed E-state index contributed by atoms with van der Waals surface area (Å²) in [6.07, 6.45) is 7.13. The monoisotopic (exact) mass is 329 g/mol. The lowest BCUT2D eigenvalue weighted by Crippen LogP contribution is -2.23. The number of hydrogen-bond donors (Lipinski definition) is 1. The van der Waals surface area contributed by atoms with Crippen LogP contribution in [0.2, 0.25) is 0 Å². The van der Waals surface area contributed by atoms with Crippen molar-refractivity contribution in [1.82, 2.24) is 5.32 Å². The Kier molecular flexibility index (Phi) is 5.71. The highest BCUT2D eigenvalue weighted by molar-refractivity contribution is 9.11. The molecule has 0 saturated heterocycles. The maximum absolute atomic E-state index is 3.66. The third-order valence-electron chi connectivity index (χ3n) is 4.16. The molecule has 2 rings (SSSR count). The smallest absolute Gasteiger partial charge is 0.0701 e. The third kappa shape index (κ3) is 4.36. The summed E-state index contributed by atoms with van der Waals surface area (Å²) in [5, 5.41) is 3.66. The summed E-state index contributed by atoms with van der Waals surface area (Å²) in [4.78, 5) is 1.43. The molecule has 1 aromatic heterocycles. The first-order chi connectivity index (χ1) is 8.65. The van der Waals surface area contributed by atoms with Gasteiger partial charge in [-0.2, -0.15) is 0 Å². The summed E-state index contributed by atoms with van der Waals surface area (Å²) in [5.41, 5.74) is 0. The van der Waals surface area contributed by atoms with Gasteiger partial charge in [0.1, 0.15) is 0 Å². The van der Waals surface area contributed by atoms with E-state index in [1.54, 1.807) is 0 Å². The van der Waals surface area contributed by atoms with Crippen molar-refractivity contribution in [3.8, 4) is 0 Å². The zero-order valence-electron chi connectivity index (χ0n) is 11.4. The van der Waals surface area contributed by atoms with Gasteiger partial charge in [0.15, 0.2) is 0 Å². The van der Waals surface area contributed by atoms with E-state index in [-0.39, 0.29) is 0 Å². The predicted molar refractivity (Wildman–Crippen MR) is 84.2 cm³/mol. The standard InChI is InChI=1S/C15H24BrNS/c1-11-3-5-13(6-4-11)9-10-17-12(2)14-7-8-15(16)18-14/h7-8,11-13,17H,3-6,9-10H2,1-2H3. The van der Waals surface area contributed by atoms with Crippen molar-refractivity contribution in [1.29, 1.82) is 0 Å². The molecule has 1 heterocycles. The normalized spacial score (nSPS) is 26.2. The Balaban J connectivity index is 1.66. The molecule has 1 aliphatic rings. The van der Waals surface area contributed by atoms with E-state index in [4.69, 9.17) is 0 Å². The topological polar surface area (TPSA) is 12.0 Å². The molecule has 0 bridgehead atoms. The first kappa shape index (κ1) is 14.5. The molecule has 1 nitrogen and oxygen atoms in total. The van der Waals surface area contributed by atoms with Crippen LogP contribution in [0.15, 0.2) is 15.9 Å². The van der Waals surface area contributed by atoms with Crippen molar-refractivity contribution < 1.29 is 0 Å². The molecule has 0 spiro atoms. The van der Waals surface area contributed by atoms with E-state index >= 15 is 0 Å². The first-order valence-electron chi connectivity index (χ1n) is 7.13. The Morgan fingerprint density at radius 2 is 2.06 bits per heavy atom. The van der Waals surface area contributed by atoms with E-state index in [2.05, 4.69) is 47.2 Å². The quantitative estimate of drug-likeness (QED) is 0.764. The van der Waals surface area contributed by atoms with Crippen LogP contribution in [0.1, 0.15) is 56.9 Å². The molecule has 102 valence electrons. The van der Waals surface area contributed by atoms with Crippen LogP contribution in [0.4, 0.5) is 0 Å². The van der Waals surface area contributed by atoms with Crippen LogP contribution in [0.5, 0.6) is 0 Å². The molecule has 1 atom stereocenters. The average molecular weight is 330 g/mol. The van der Waals surface area contributed by atoms with Gasteiger partial charge in [-0.15, -0.1) is 11.3 Å². The van der Waals surface area contributed by atoms with Gasteiger partial charge < -0.3 is 5.32 Å². The lowest BCUT2D eigenvalue weighted by molar-refractivity contribution is 0.273. The Hall–Kier alpha value is 0.140. The van der Waals surface area contributed by atoms with Gasteiger partial charge in [-0.05, 0) is 59.8 Å². The average Bonchev–Trinajstić information content (AvgIpc) is 2.78. The highest BCUT2D eigenvalue weighted by atomic mass is 79.9. The second kappa shape index (κ2) is 7.06. The van der Waals surface area contributed by atoms with E-state index in [1.807, 2.05) is 11.3 Å². The molecule has 0 aliphatic heterocycles. The molecule has 0 radical (unpaired) electrons. The van der Waals surface area contributed by atoms with Crippen LogP contribution in [-0.4, -0.2) is 6.54 Å². The van der Waals surface area contributed by atoms with Gasteiger partial charge in [-0.3, -0.25) is 0 Å². The number of rotatable bonds is 5. The van der Waals surface area contributed by atoms with Crippen molar-refractivity contribution in [2.45, 2.75) is 52.0 Å². The number of halogens is 1. The van der Waals surface area contributed by atoms with Crippen LogP contribution in [0.25, 0.3) is 0 Å². The molecule has 3 heteroatoms. The predicted octanol–water partition coefficient (Wildman–Crippen LogP) is 5.38. The summed E-state index contributed by atoms with van der Waals surface area (Å²) in [7, 11) is 0. The van der Waals surface area contributed by atoms with E-state index in [1.165, 1.54) is 40.8 Å². The maximum atomic E-state index is 3.66. The van der Waals surface area contributed by atoms with Crippen LogP contribution >= 0.6 is 27.3 Å². The maximum Gasteiger partial charge on any atom is 0.0701 e. The Morgan fingerprint density at radius 3 is 2.67 bits per heavy atom. The minimum absolute atomic E-state index is 0.490. The van der Waals surface area contributed by atoms with E-state index in [0.717, 1.165) is 18.4 Å². The fourth-order valence-corrected chi connectivity index (χ4v) is 4.23. The summed E-state index contributed by atoms with van der Waals surface area (Å²) >= 11 is 5.36. The van der Waals surface area contributed by atoms with Gasteiger partial charge >= 0.3 is 0 Å². The fraction of sp³-hybridized carbons (Fsp3) is 0.733. The van der Waals surface area contributed by atoms with Crippen LogP contribution in [0.3, 0.4) is 0 Å². The van der Waals surface area contributed by atoms with Gasteiger partial charge in [-0.25, -0.2) is 0 Å². The minimum atomic E-state index is 0.490. The van der Waals surface area contributed by atoms with Crippen LogP contribution < -0.4 is 5.32 Å². The second-order valence-electron chi connectivity index (χ2n) is 5.73. The molecule has 0 aromatic carbocycles. The van der Waals surface area contributed by atoms with Crippen molar-refractivity contribution in [2.24, 2.45) is 11.8 Å². The van der Waals surface area contributed by atoms with Gasteiger partial charge in [0.2, 0.25) is 0 Å². The molecule has 1 saturated carbocycles. The van der Waals surface area contributed by atoms with Crippen molar-refractivity contribution >= 4 is 27.3 Å². The molecular weight excluding hydrogens is 306 g/mol. The third-order valence-corrected chi connectivity index (χ3v) is 5.97. The Morgan fingerprint density at radius 1 is 1.33 bits per heavy atom. The summed E-state index contributed by atoms with van der Waals surface area (Å²) in [6, 6.07) is 4.85. The SMILES string of the molecule is CC1CCC(CCNC(C)c2ccc(Br)s2)CC1. The molecular formula is C15H24BrNS. The van der Waals surface area contributed by atoms with Crippen molar-refractivity contribution in [3.63, 3.8) is 0 Å². The Bertz CT molecular complexity index is 355. The first-order valence-corrected chi connectivity index (χ1v) is 8.74. The van der Waals surface area contributed by atoms with E-state index < -0.39 is 0 Å². The number of hydrogen-bond acceptors (Lipinski definition) is 2. The van der Waals surface area contributed by atoms with E-state index in [9.17, 15) is 0 Å². The molecule has 1 aliphatic carbocycles. The minimum Gasteiger partial charge on any atom is -0.309 e. The zero-order valence-corrected chi connectivity index (χ0v) is 13.8. The lowest BCUT2D eigenvalue weighted by Gasteiger charge is -2.26. The van der Waals surface area contributed by atoms with E-state index in [0.29, 0.717) is 6.04 Å². The molecule has 1 unspecified atom stereocenters. The number of nitrogens with one attached hydrogen (secondary N) is 1. The highest BCUT2D eigenvalue weighted by Gasteiger charge is 2.18. The second-order valence-corrected chi connectivity index (χ2v) is 8.23. The molecule has 1 aromatic rings. The van der Waals surface area contributed by atoms with Crippen molar-refractivity contribution in [2.75, 3.05) is 6.54 Å². The molecule has 1 fully saturated rings. The summed E-state index contributed by atoms with van der Waals surface area (Å²) < 4.78 is 1.23. The highest BCUT2D eigenvalue weighted by Crippen LogP contribution is 2.30. The van der Waals surface area contributed by atoms with Gasteiger partial charge in [0, 0.05) is 10.9 Å². The largest absolute Gasteiger partial charge is 0.309 e. The Labute approximate surface area is 123 Å². The van der Waals surface area contributed by atoms with Crippen LogP contribution in [0, 0.1) is 11.8 Å². The molecule has 0 amide bonds. The molecule has 1 N–H and O–H groups in total. The van der Waals surface area contributed by atoms with Gasteiger partial charge in [0.25, 0.3) is 0 Å². The zero-order chi connectivity index (χ0) is 13.0. The summed E-state index contributed by atoms with van der Waals surface area (Å²) in [5.74, 6) is 1.94. The fourth-order valence-electron chi connectivity index (χ4n) is 2.78. The van der Waals surface area contributed by atoms with Gasteiger partial charge in [0.05, 0.1) is 3.79 Å².